The Bertz CT molecular complexity index is 837. The van der Waals surface area contributed by atoms with Gasteiger partial charge < -0.3 is 15.0 Å². The zero-order valence-electron chi connectivity index (χ0n) is 16.9. The molecule has 0 aliphatic carbocycles. The van der Waals surface area contributed by atoms with E-state index < -0.39 is 6.04 Å². The Labute approximate surface area is 181 Å². The maximum atomic E-state index is 13.0. The van der Waals surface area contributed by atoms with Gasteiger partial charge in [0.1, 0.15) is 11.8 Å². The van der Waals surface area contributed by atoms with E-state index in [-0.39, 0.29) is 25.0 Å². The molecule has 2 aromatic carbocycles. The highest BCUT2D eigenvalue weighted by molar-refractivity contribution is 6.36. The van der Waals surface area contributed by atoms with Crippen molar-refractivity contribution in [1.29, 1.82) is 0 Å². The molecule has 0 radical (unpaired) electrons. The molecule has 0 spiro atoms. The summed E-state index contributed by atoms with van der Waals surface area (Å²) < 4.78 is 5.70. The van der Waals surface area contributed by atoms with Crippen LogP contribution in [-0.2, 0) is 16.1 Å². The predicted octanol–water partition coefficient (Wildman–Crippen LogP) is 4.62. The Morgan fingerprint density at radius 2 is 1.76 bits per heavy atom. The number of hydrogen-bond acceptors (Lipinski definition) is 3. The fraction of sp³-hybridized carbons (Fsp3) is 0.364. The zero-order chi connectivity index (χ0) is 21.4. The molecule has 0 saturated heterocycles. The number of ether oxygens (including phenoxy) is 1. The van der Waals surface area contributed by atoms with Gasteiger partial charge in [-0.15, -0.1) is 0 Å². The van der Waals surface area contributed by atoms with Gasteiger partial charge in [0.15, 0.2) is 6.61 Å². The summed E-state index contributed by atoms with van der Waals surface area (Å²) in [5, 5.41) is 3.71. The summed E-state index contributed by atoms with van der Waals surface area (Å²) in [6, 6.07) is 11.9. The molecule has 5 nitrogen and oxygen atoms in total. The molecular formula is C22H26Cl2N2O3. The van der Waals surface area contributed by atoms with Crippen molar-refractivity contribution in [2.75, 3.05) is 13.2 Å². The van der Waals surface area contributed by atoms with E-state index in [1.165, 1.54) is 4.90 Å². The number of nitrogens with zero attached hydrogens (tertiary/aromatic N) is 1. The molecule has 1 atom stereocenters. The number of para-hydroxylation sites is 1. The van der Waals surface area contributed by atoms with Gasteiger partial charge in [0.2, 0.25) is 5.91 Å². The van der Waals surface area contributed by atoms with E-state index in [1.54, 1.807) is 31.2 Å². The van der Waals surface area contributed by atoms with E-state index in [0.29, 0.717) is 27.9 Å². The Kier molecular flexibility index (Phi) is 8.80. The molecular weight excluding hydrogens is 411 g/mol. The zero-order valence-corrected chi connectivity index (χ0v) is 18.4. The molecule has 0 unspecified atom stereocenters. The van der Waals surface area contributed by atoms with Crippen molar-refractivity contribution in [2.24, 2.45) is 0 Å². The first-order chi connectivity index (χ1) is 13.8. The highest BCUT2D eigenvalue weighted by Gasteiger charge is 2.27. The Morgan fingerprint density at radius 3 is 2.38 bits per heavy atom. The Morgan fingerprint density at radius 1 is 1.10 bits per heavy atom. The maximum absolute atomic E-state index is 13.0. The normalized spacial score (nSPS) is 11.6. The van der Waals surface area contributed by atoms with Gasteiger partial charge in [0.05, 0.1) is 0 Å². The maximum Gasteiger partial charge on any atom is 0.261 e. The first-order valence-corrected chi connectivity index (χ1v) is 10.3. The number of carbonyl (C=O) groups is 2. The van der Waals surface area contributed by atoms with E-state index in [9.17, 15) is 9.59 Å². The van der Waals surface area contributed by atoms with Crippen LogP contribution in [0.1, 0.15) is 31.4 Å². The molecule has 0 bridgehead atoms. The second-order valence-corrected chi connectivity index (χ2v) is 7.56. The number of carbonyl (C=O) groups excluding carboxylic acids is 2. The lowest BCUT2D eigenvalue weighted by Gasteiger charge is -2.29. The lowest BCUT2D eigenvalue weighted by Crippen LogP contribution is -2.49. The SMILES string of the molecule is CCCNC(=O)[C@@H](C)N(Cc1c(Cl)cccc1Cl)C(=O)COc1ccccc1C. The number of halogens is 2. The summed E-state index contributed by atoms with van der Waals surface area (Å²) in [5.41, 5.74) is 1.52. The standard InChI is InChI=1S/C22H26Cl2N2O3/c1-4-12-25-22(28)16(3)26(13-17-18(23)9-7-10-19(17)24)21(27)14-29-20-11-6-5-8-15(20)2/h5-11,16H,4,12-14H2,1-3H3,(H,25,28)/t16-/m1/s1. The largest absolute Gasteiger partial charge is 0.484 e. The number of aryl methyl sites for hydroxylation is 1. The van der Waals surface area contributed by atoms with Crippen LogP contribution in [0.3, 0.4) is 0 Å². The van der Waals surface area contributed by atoms with Crippen LogP contribution >= 0.6 is 23.2 Å². The van der Waals surface area contributed by atoms with Crippen LogP contribution in [0.15, 0.2) is 42.5 Å². The summed E-state index contributed by atoms with van der Waals surface area (Å²) in [5.74, 6) is 0.0577. The van der Waals surface area contributed by atoms with E-state index >= 15 is 0 Å². The van der Waals surface area contributed by atoms with Gasteiger partial charge in [-0.3, -0.25) is 9.59 Å². The highest BCUT2D eigenvalue weighted by atomic mass is 35.5. The molecule has 1 N–H and O–H groups in total. The van der Waals surface area contributed by atoms with E-state index in [2.05, 4.69) is 5.32 Å². The Hall–Kier alpha value is -2.24. The molecule has 0 aliphatic rings. The minimum absolute atomic E-state index is 0.106. The third kappa shape index (κ3) is 6.38. The lowest BCUT2D eigenvalue weighted by atomic mass is 10.1. The molecule has 156 valence electrons. The van der Waals surface area contributed by atoms with Crippen molar-refractivity contribution >= 4 is 35.0 Å². The topological polar surface area (TPSA) is 58.6 Å². The predicted molar refractivity (Wildman–Crippen MR) is 116 cm³/mol. The van der Waals surface area contributed by atoms with Crippen LogP contribution in [0.2, 0.25) is 10.0 Å². The fourth-order valence-corrected chi connectivity index (χ4v) is 3.29. The molecule has 7 heteroatoms. The molecule has 0 saturated carbocycles. The third-order valence-electron chi connectivity index (χ3n) is 4.55. The molecule has 2 amide bonds. The number of benzene rings is 2. The van der Waals surface area contributed by atoms with Crippen LogP contribution in [0, 0.1) is 6.92 Å². The number of rotatable bonds is 9. The third-order valence-corrected chi connectivity index (χ3v) is 5.26. The molecule has 0 fully saturated rings. The van der Waals surface area contributed by atoms with Gasteiger partial charge in [0.25, 0.3) is 5.91 Å². The summed E-state index contributed by atoms with van der Waals surface area (Å²) in [6.45, 7) is 6.00. The molecule has 0 aliphatic heterocycles. The van der Waals surface area contributed by atoms with Crippen LogP contribution in [0.5, 0.6) is 5.75 Å². The summed E-state index contributed by atoms with van der Waals surface area (Å²) in [4.78, 5) is 27.0. The van der Waals surface area contributed by atoms with Crippen molar-refractivity contribution in [2.45, 2.75) is 39.8 Å². The average molecular weight is 437 g/mol. The second-order valence-electron chi connectivity index (χ2n) is 6.74. The van der Waals surface area contributed by atoms with E-state index in [1.807, 2.05) is 32.0 Å². The van der Waals surface area contributed by atoms with E-state index in [4.69, 9.17) is 27.9 Å². The van der Waals surface area contributed by atoms with E-state index in [0.717, 1.165) is 12.0 Å². The summed E-state index contributed by atoms with van der Waals surface area (Å²) >= 11 is 12.6. The van der Waals surface area contributed by atoms with Gasteiger partial charge in [0, 0.05) is 28.7 Å². The van der Waals surface area contributed by atoms with Gasteiger partial charge >= 0.3 is 0 Å². The fourth-order valence-electron chi connectivity index (χ4n) is 2.77. The minimum Gasteiger partial charge on any atom is -0.484 e. The van der Waals surface area contributed by atoms with Crippen LogP contribution < -0.4 is 10.1 Å². The van der Waals surface area contributed by atoms with Crippen LogP contribution in [-0.4, -0.2) is 35.9 Å². The van der Waals surface area contributed by atoms with Crippen LogP contribution in [0.4, 0.5) is 0 Å². The molecule has 0 aromatic heterocycles. The first kappa shape index (κ1) is 23.0. The Balaban J connectivity index is 2.22. The van der Waals surface area contributed by atoms with Gasteiger partial charge in [-0.1, -0.05) is 54.4 Å². The lowest BCUT2D eigenvalue weighted by molar-refractivity contribution is -0.142. The van der Waals surface area contributed by atoms with Crippen molar-refractivity contribution in [1.82, 2.24) is 10.2 Å². The minimum atomic E-state index is -0.707. The van der Waals surface area contributed by atoms with Crippen molar-refractivity contribution in [3.05, 3.63) is 63.6 Å². The molecule has 2 aromatic rings. The highest BCUT2D eigenvalue weighted by Crippen LogP contribution is 2.26. The van der Waals surface area contributed by atoms with Gasteiger partial charge in [-0.2, -0.15) is 0 Å². The smallest absolute Gasteiger partial charge is 0.261 e. The van der Waals surface area contributed by atoms with Crippen molar-refractivity contribution < 1.29 is 14.3 Å². The summed E-state index contributed by atoms with van der Waals surface area (Å²) in [6.07, 6.45) is 0.805. The molecule has 29 heavy (non-hydrogen) atoms. The van der Waals surface area contributed by atoms with Crippen LogP contribution in [0.25, 0.3) is 0 Å². The van der Waals surface area contributed by atoms with Crippen molar-refractivity contribution in [3.8, 4) is 5.75 Å². The number of nitrogens with one attached hydrogen (secondary N) is 1. The summed E-state index contributed by atoms with van der Waals surface area (Å²) in [7, 11) is 0. The molecule has 2 rings (SSSR count). The quantitative estimate of drug-likeness (QED) is 0.623. The second kappa shape index (κ2) is 11.1. The monoisotopic (exact) mass is 436 g/mol. The molecule has 0 heterocycles. The van der Waals surface area contributed by atoms with Crippen molar-refractivity contribution in [3.63, 3.8) is 0 Å². The number of hydrogen-bond donors (Lipinski definition) is 1. The average Bonchev–Trinajstić information content (AvgIpc) is 2.70. The van der Waals surface area contributed by atoms with Gasteiger partial charge in [-0.25, -0.2) is 0 Å². The number of amides is 2. The van der Waals surface area contributed by atoms with Gasteiger partial charge in [-0.05, 0) is 44.0 Å². The first-order valence-electron chi connectivity index (χ1n) is 9.53.